The number of hydrogen-bond acceptors (Lipinski definition) is 4. The molecular weight excluding hydrogens is 362 g/mol. The van der Waals surface area contributed by atoms with E-state index in [0.29, 0.717) is 12.1 Å². The molecule has 0 N–H and O–H groups in total. The highest BCUT2D eigenvalue weighted by molar-refractivity contribution is 7.88. The summed E-state index contributed by atoms with van der Waals surface area (Å²) in [6, 6.07) is 5.32. The Labute approximate surface area is 164 Å². The topological polar surface area (TPSA) is 63.7 Å². The maximum absolute atomic E-state index is 12.6. The molecular formula is C21H33NO4S. The SMILES string of the molecule is CCCCCCN(C1CC(C)(C)Cc2c(C(=O)OC)cccc21)S(C)(=O)=O. The number of rotatable bonds is 8. The molecule has 5 nitrogen and oxygen atoms in total. The van der Waals surface area contributed by atoms with E-state index in [4.69, 9.17) is 4.74 Å². The van der Waals surface area contributed by atoms with Gasteiger partial charge in [-0.05, 0) is 41.9 Å². The van der Waals surface area contributed by atoms with Crippen LogP contribution in [0.15, 0.2) is 18.2 Å². The first kappa shape index (κ1) is 21.9. The van der Waals surface area contributed by atoms with Crippen molar-refractivity contribution in [2.45, 2.75) is 65.3 Å². The van der Waals surface area contributed by atoms with Crippen LogP contribution in [0, 0.1) is 5.41 Å². The van der Waals surface area contributed by atoms with Gasteiger partial charge in [-0.2, -0.15) is 4.31 Å². The Balaban J connectivity index is 2.47. The summed E-state index contributed by atoms with van der Waals surface area (Å²) in [6.07, 6.45) is 6.86. The van der Waals surface area contributed by atoms with Crippen molar-refractivity contribution < 1.29 is 17.9 Å². The molecule has 1 aliphatic carbocycles. The van der Waals surface area contributed by atoms with Gasteiger partial charge < -0.3 is 4.74 Å². The Morgan fingerprint density at radius 3 is 2.56 bits per heavy atom. The minimum Gasteiger partial charge on any atom is -0.465 e. The van der Waals surface area contributed by atoms with Crippen LogP contribution in [-0.4, -0.2) is 38.6 Å². The number of benzene rings is 1. The van der Waals surface area contributed by atoms with E-state index < -0.39 is 10.0 Å². The normalized spacial score (nSPS) is 19.0. The van der Waals surface area contributed by atoms with Crippen molar-refractivity contribution in [1.29, 1.82) is 0 Å². The number of carbonyl (C=O) groups is 1. The molecule has 1 aliphatic rings. The zero-order valence-corrected chi connectivity index (χ0v) is 18.1. The molecule has 1 atom stereocenters. The lowest BCUT2D eigenvalue weighted by Crippen LogP contribution is -2.41. The smallest absolute Gasteiger partial charge is 0.338 e. The molecule has 0 heterocycles. The average molecular weight is 396 g/mol. The highest BCUT2D eigenvalue weighted by atomic mass is 32.2. The van der Waals surface area contributed by atoms with Crippen LogP contribution in [0.5, 0.6) is 0 Å². The maximum Gasteiger partial charge on any atom is 0.338 e. The summed E-state index contributed by atoms with van der Waals surface area (Å²) < 4.78 is 31.8. The number of sulfonamides is 1. The Morgan fingerprint density at radius 2 is 1.96 bits per heavy atom. The molecule has 0 saturated carbocycles. The second-order valence-electron chi connectivity index (χ2n) is 8.36. The van der Waals surface area contributed by atoms with Crippen LogP contribution in [0.4, 0.5) is 0 Å². The van der Waals surface area contributed by atoms with Gasteiger partial charge >= 0.3 is 5.97 Å². The number of carbonyl (C=O) groups excluding carboxylic acids is 1. The zero-order valence-electron chi connectivity index (χ0n) is 17.2. The van der Waals surface area contributed by atoms with E-state index in [1.165, 1.54) is 13.4 Å². The second kappa shape index (κ2) is 8.74. The monoisotopic (exact) mass is 395 g/mol. The largest absolute Gasteiger partial charge is 0.465 e. The van der Waals surface area contributed by atoms with Crippen LogP contribution in [0.2, 0.25) is 0 Å². The summed E-state index contributed by atoms with van der Waals surface area (Å²) >= 11 is 0. The molecule has 0 spiro atoms. The quantitative estimate of drug-likeness (QED) is 0.485. The Morgan fingerprint density at radius 1 is 1.26 bits per heavy atom. The van der Waals surface area contributed by atoms with Gasteiger partial charge in [0, 0.05) is 6.54 Å². The van der Waals surface area contributed by atoms with Crippen molar-refractivity contribution >= 4 is 16.0 Å². The van der Waals surface area contributed by atoms with Gasteiger partial charge in [0.1, 0.15) is 0 Å². The molecule has 0 radical (unpaired) electrons. The van der Waals surface area contributed by atoms with Crippen LogP contribution >= 0.6 is 0 Å². The van der Waals surface area contributed by atoms with Crippen LogP contribution in [-0.2, 0) is 21.2 Å². The van der Waals surface area contributed by atoms with E-state index >= 15 is 0 Å². The number of methoxy groups -OCH3 is 1. The first-order valence-electron chi connectivity index (χ1n) is 9.77. The van der Waals surface area contributed by atoms with E-state index in [1.54, 1.807) is 10.4 Å². The predicted octanol–water partition coefficient (Wildman–Crippen LogP) is 4.33. The van der Waals surface area contributed by atoms with Crippen LogP contribution < -0.4 is 0 Å². The molecule has 1 aromatic carbocycles. The van der Waals surface area contributed by atoms with Gasteiger partial charge in [0.15, 0.2) is 0 Å². The highest BCUT2D eigenvalue weighted by Gasteiger charge is 2.39. The maximum atomic E-state index is 12.6. The molecule has 0 fully saturated rings. The van der Waals surface area contributed by atoms with Crippen molar-refractivity contribution in [2.24, 2.45) is 5.41 Å². The van der Waals surface area contributed by atoms with Gasteiger partial charge in [-0.3, -0.25) is 0 Å². The molecule has 1 unspecified atom stereocenters. The Hall–Kier alpha value is -1.40. The number of esters is 1. The zero-order chi connectivity index (χ0) is 20.2. The van der Waals surface area contributed by atoms with Crippen molar-refractivity contribution in [3.05, 3.63) is 34.9 Å². The van der Waals surface area contributed by atoms with E-state index in [1.807, 2.05) is 12.1 Å². The minimum absolute atomic E-state index is 0.103. The Bertz CT molecular complexity index is 770. The number of nitrogens with zero attached hydrogens (tertiary/aromatic N) is 1. The number of unbranched alkanes of at least 4 members (excludes halogenated alkanes) is 3. The average Bonchev–Trinajstić information content (AvgIpc) is 2.58. The lowest BCUT2D eigenvalue weighted by atomic mass is 9.70. The van der Waals surface area contributed by atoms with Gasteiger partial charge in [0.05, 0.1) is 25.0 Å². The molecule has 1 aromatic rings. The summed E-state index contributed by atoms with van der Waals surface area (Å²) in [6.45, 7) is 6.92. The fourth-order valence-corrected chi connectivity index (χ4v) is 5.21. The van der Waals surface area contributed by atoms with Crippen LogP contribution in [0.3, 0.4) is 0 Å². The van der Waals surface area contributed by atoms with Crippen LogP contribution in [0.25, 0.3) is 0 Å². The van der Waals surface area contributed by atoms with E-state index in [0.717, 1.165) is 49.7 Å². The first-order valence-corrected chi connectivity index (χ1v) is 11.6. The highest BCUT2D eigenvalue weighted by Crippen LogP contribution is 2.45. The van der Waals surface area contributed by atoms with Crippen molar-refractivity contribution in [2.75, 3.05) is 19.9 Å². The first-order chi connectivity index (χ1) is 12.6. The summed E-state index contributed by atoms with van der Waals surface area (Å²) in [5.41, 5.74) is 2.31. The molecule has 2 rings (SSSR count). The summed E-state index contributed by atoms with van der Waals surface area (Å²) in [7, 11) is -1.99. The fraction of sp³-hybridized carbons (Fsp3) is 0.667. The van der Waals surface area contributed by atoms with Gasteiger partial charge in [0.25, 0.3) is 0 Å². The molecule has 0 amide bonds. The number of hydrogen-bond donors (Lipinski definition) is 0. The minimum atomic E-state index is -3.37. The molecule has 27 heavy (non-hydrogen) atoms. The van der Waals surface area contributed by atoms with E-state index in [9.17, 15) is 13.2 Å². The number of fused-ring (bicyclic) bond motifs is 1. The van der Waals surface area contributed by atoms with Gasteiger partial charge in [-0.25, -0.2) is 13.2 Å². The third kappa shape index (κ3) is 5.32. The van der Waals surface area contributed by atoms with Gasteiger partial charge in [-0.15, -0.1) is 0 Å². The lowest BCUT2D eigenvalue weighted by Gasteiger charge is -2.42. The third-order valence-electron chi connectivity index (χ3n) is 5.38. The fourth-order valence-electron chi connectivity index (χ4n) is 4.10. The molecule has 152 valence electrons. The van der Waals surface area contributed by atoms with Crippen molar-refractivity contribution in [3.8, 4) is 0 Å². The Kier molecular flexibility index (Phi) is 7.09. The van der Waals surface area contributed by atoms with Crippen LogP contribution in [0.1, 0.15) is 80.4 Å². The van der Waals surface area contributed by atoms with E-state index in [-0.39, 0.29) is 17.4 Å². The summed E-state index contributed by atoms with van der Waals surface area (Å²) in [5, 5.41) is 0. The molecule has 6 heteroatoms. The van der Waals surface area contributed by atoms with Gasteiger partial charge in [-0.1, -0.05) is 52.2 Å². The molecule has 0 bridgehead atoms. The predicted molar refractivity (Wildman–Crippen MR) is 108 cm³/mol. The lowest BCUT2D eigenvalue weighted by molar-refractivity contribution is 0.0597. The van der Waals surface area contributed by atoms with Crippen molar-refractivity contribution in [3.63, 3.8) is 0 Å². The summed E-state index contributed by atoms with van der Waals surface area (Å²) in [4.78, 5) is 12.3. The summed E-state index contributed by atoms with van der Waals surface area (Å²) in [5.74, 6) is -0.364. The van der Waals surface area contributed by atoms with Gasteiger partial charge in [0.2, 0.25) is 10.0 Å². The van der Waals surface area contributed by atoms with E-state index in [2.05, 4.69) is 20.8 Å². The van der Waals surface area contributed by atoms with Crippen molar-refractivity contribution in [1.82, 2.24) is 4.31 Å². The number of ether oxygens (including phenoxy) is 1. The molecule has 0 aliphatic heterocycles. The second-order valence-corrected chi connectivity index (χ2v) is 10.3. The standard InChI is InChI=1S/C21H33NO4S/c1-6-7-8-9-13-22(27(5,24)25)19-15-21(2,3)14-18-16(19)11-10-12-17(18)20(23)26-4/h10-12,19H,6-9,13-15H2,1-5H3. The third-order valence-corrected chi connectivity index (χ3v) is 6.67. The molecule has 0 saturated heterocycles. The molecule has 0 aromatic heterocycles.